The van der Waals surface area contributed by atoms with E-state index >= 15 is 0 Å². The highest BCUT2D eigenvalue weighted by Crippen LogP contribution is 2.21. The lowest BCUT2D eigenvalue weighted by atomic mass is 10.0. The van der Waals surface area contributed by atoms with E-state index in [-0.39, 0.29) is 24.9 Å². The smallest absolute Gasteiger partial charge is 0.310 e. The molecule has 0 unspecified atom stereocenters. The van der Waals surface area contributed by atoms with Crippen LogP contribution in [0.2, 0.25) is 0 Å². The number of ether oxygens (including phenoxy) is 2. The van der Waals surface area contributed by atoms with Crippen molar-refractivity contribution in [3.63, 3.8) is 0 Å². The monoisotopic (exact) mass is 352 g/mol. The summed E-state index contributed by atoms with van der Waals surface area (Å²) < 4.78 is 15.6. The Morgan fingerprint density at radius 3 is 2.73 bits per heavy atom. The van der Waals surface area contributed by atoms with Crippen molar-refractivity contribution in [2.24, 2.45) is 0 Å². The van der Waals surface area contributed by atoms with Gasteiger partial charge in [0.25, 0.3) is 5.89 Å². The molecule has 2 aromatic carbocycles. The second-order valence-electron chi connectivity index (χ2n) is 6.00. The molecule has 0 spiro atoms. The molecule has 26 heavy (non-hydrogen) atoms. The third kappa shape index (κ3) is 4.27. The number of rotatable bonds is 6. The highest BCUT2D eigenvalue weighted by atomic mass is 16.6. The van der Waals surface area contributed by atoms with Gasteiger partial charge >= 0.3 is 5.97 Å². The number of hydrogen-bond donors (Lipinski definition) is 0. The van der Waals surface area contributed by atoms with Crippen LogP contribution in [0.1, 0.15) is 22.6 Å². The zero-order chi connectivity index (χ0) is 18.5. The summed E-state index contributed by atoms with van der Waals surface area (Å²) in [6, 6.07) is 13.2. The van der Waals surface area contributed by atoms with Gasteiger partial charge in [0.1, 0.15) is 5.75 Å². The molecule has 1 heterocycles. The zero-order valence-corrected chi connectivity index (χ0v) is 15.0. The van der Waals surface area contributed by atoms with Crippen molar-refractivity contribution in [2.75, 3.05) is 7.11 Å². The minimum absolute atomic E-state index is 0.0549. The van der Waals surface area contributed by atoms with E-state index in [4.69, 9.17) is 14.0 Å². The lowest BCUT2D eigenvalue weighted by Gasteiger charge is -2.05. The molecule has 0 saturated heterocycles. The number of carbonyl (C=O) groups excluding carboxylic acids is 1. The third-order valence-electron chi connectivity index (χ3n) is 4.07. The molecule has 134 valence electrons. The molecule has 0 fully saturated rings. The highest BCUT2D eigenvalue weighted by molar-refractivity contribution is 5.72. The van der Waals surface area contributed by atoms with Crippen LogP contribution < -0.4 is 4.74 Å². The Kier molecular flexibility index (Phi) is 5.31. The largest absolute Gasteiger partial charge is 0.497 e. The van der Waals surface area contributed by atoms with E-state index in [1.165, 1.54) is 5.56 Å². The summed E-state index contributed by atoms with van der Waals surface area (Å²) in [5, 5.41) is 3.91. The molecule has 6 nitrogen and oxygen atoms in total. The molecule has 3 rings (SSSR count). The van der Waals surface area contributed by atoms with Crippen LogP contribution >= 0.6 is 0 Å². The van der Waals surface area contributed by atoms with Gasteiger partial charge < -0.3 is 14.0 Å². The van der Waals surface area contributed by atoms with Crippen molar-refractivity contribution in [1.29, 1.82) is 0 Å². The molecule has 0 saturated carbocycles. The van der Waals surface area contributed by atoms with Crippen LogP contribution in [0.25, 0.3) is 11.4 Å². The number of nitrogens with zero attached hydrogens (tertiary/aromatic N) is 2. The van der Waals surface area contributed by atoms with Crippen LogP contribution in [0.3, 0.4) is 0 Å². The first-order chi connectivity index (χ1) is 12.5. The Labute approximate surface area is 151 Å². The molecular formula is C20H20N2O4. The topological polar surface area (TPSA) is 74.5 Å². The number of aromatic nitrogens is 2. The van der Waals surface area contributed by atoms with E-state index < -0.39 is 0 Å². The normalized spacial score (nSPS) is 10.6. The SMILES string of the molecule is COc1cccc(-c2noc(COC(=O)Cc3ccc(C)c(C)c3)n2)c1. The average Bonchev–Trinajstić information content (AvgIpc) is 3.12. The number of methoxy groups -OCH3 is 1. The van der Waals surface area contributed by atoms with Crippen molar-refractivity contribution in [3.05, 3.63) is 65.0 Å². The lowest BCUT2D eigenvalue weighted by molar-refractivity contribution is -0.144. The predicted octanol–water partition coefficient (Wildman–Crippen LogP) is 3.65. The van der Waals surface area contributed by atoms with Crippen molar-refractivity contribution in [1.82, 2.24) is 10.1 Å². The second-order valence-corrected chi connectivity index (χ2v) is 6.00. The quantitative estimate of drug-likeness (QED) is 0.631. The summed E-state index contributed by atoms with van der Waals surface area (Å²) in [6.45, 7) is 4.00. The fourth-order valence-corrected chi connectivity index (χ4v) is 2.47. The van der Waals surface area contributed by atoms with Crippen LogP contribution in [0, 0.1) is 13.8 Å². The summed E-state index contributed by atoms with van der Waals surface area (Å²) in [7, 11) is 1.59. The molecule has 0 amide bonds. The molecule has 3 aromatic rings. The highest BCUT2D eigenvalue weighted by Gasteiger charge is 2.12. The van der Waals surface area contributed by atoms with Gasteiger partial charge in [-0.1, -0.05) is 35.5 Å². The molecule has 0 aliphatic carbocycles. The summed E-state index contributed by atoms with van der Waals surface area (Å²) in [4.78, 5) is 16.3. The average molecular weight is 352 g/mol. The summed E-state index contributed by atoms with van der Waals surface area (Å²) >= 11 is 0. The van der Waals surface area contributed by atoms with Gasteiger partial charge in [-0.2, -0.15) is 4.98 Å². The standard InChI is InChI=1S/C20H20N2O4/c1-13-7-8-15(9-14(13)2)10-19(23)25-12-18-21-20(22-26-18)16-5-4-6-17(11-16)24-3/h4-9,11H,10,12H2,1-3H3. The molecule has 0 bridgehead atoms. The van der Waals surface area contributed by atoms with Gasteiger partial charge in [-0.25, -0.2) is 0 Å². The number of carbonyl (C=O) groups is 1. The second kappa shape index (κ2) is 7.82. The minimum atomic E-state index is -0.339. The third-order valence-corrected chi connectivity index (χ3v) is 4.07. The van der Waals surface area contributed by atoms with E-state index in [1.807, 2.05) is 50.2 Å². The van der Waals surface area contributed by atoms with Crippen molar-refractivity contribution >= 4 is 5.97 Å². The van der Waals surface area contributed by atoms with Gasteiger partial charge in [0.05, 0.1) is 13.5 Å². The first-order valence-electron chi connectivity index (χ1n) is 8.24. The van der Waals surface area contributed by atoms with Crippen LogP contribution in [0.5, 0.6) is 5.75 Å². The summed E-state index contributed by atoms with van der Waals surface area (Å²) in [5.74, 6) is 1.03. The lowest BCUT2D eigenvalue weighted by Crippen LogP contribution is -2.08. The minimum Gasteiger partial charge on any atom is -0.497 e. The molecular weight excluding hydrogens is 332 g/mol. The Hall–Kier alpha value is -3.15. The Morgan fingerprint density at radius 1 is 1.12 bits per heavy atom. The van der Waals surface area contributed by atoms with Gasteiger partial charge in [0, 0.05) is 5.56 Å². The number of hydrogen-bond acceptors (Lipinski definition) is 6. The van der Waals surface area contributed by atoms with E-state index in [2.05, 4.69) is 10.1 Å². The number of benzene rings is 2. The maximum absolute atomic E-state index is 12.0. The number of aryl methyl sites for hydroxylation is 2. The molecule has 0 atom stereocenters. The maximum atomic E-state index is 12.0. The van der Waals surface area contributed by atoms with Gasteiger partial charge in [-0.05, 0) is 42.7 Å². The van der Waals surface area contributed by atoms with E-state index in [0.29, 0.717) is 11.6 Å². The van der Waals surface area contributed by atoms with Crippen molar-refractivity contribution < 1.29 is 18.8 Å². The first-order valence-corrected chi connectivity index (χ1v) is 8.24. The van der Waals surface area contributed by atoms with Crippen LogP contribution in [-0.4, -0.2) is 23.2 Å². The van der Waals surface area contributed by atoms with Gasteiger partial charge in [0.2, 0.25) is 5.82 Å². The van der Waals surface area contributed by atoms with Crippen LogP contribution in [0.4, 0.5) is 0 Å². The van der Waals surface area contributed by atoms with Gasteiger partial charge in [-0.3, -0.25) is 4.79 Å². The molecule has 0 N–H and O–H groups in total. The number of esters is 1. The maximum Gasteiger partial charge on any atom is 0.310 e. The van der Waals surface area contributed by atoms with E-state index in [9.17, 15) is 4.79 Å². The zero-order valence-electron chi connectivity index (χ0n) is 15.0. The Morgan fingerprint density at radius 2 is 1.96 bits per heavy atom. The summed E-state index contributed by atoms with van der Waals surface area (Å²) in [6.07, 6.45) is 0.206. The Bertz CT molecular complexity index is 918. The van der Waals surface area contributed by atoms with Crippen LogP contribution in [-0.2, 0) is 22.6 Å². The Balaban J connectivity index is 1.58. The fourth-order valence-electron chi connectivity index (χ4n) is 2.47. The fraction of sp³-hybridized carbons (Fsp3) is 0.250. The molecule has 1 aromatic heterocycles. The molecule has 0 aliphatic heterocycles. The van der Waals surface area contributed by atoms with Gasteiger partial charge in [-0.15, -0.1) is 0 Å². The van der Waals surface area contributed by atoms with Crippen molar-refractivity contribution in [2.45, 2.75) is 26.9 Å². The van der Waals surface area contributed by atoms with Gasteiger partial charge in [0.15, 0.2) is 6.61 Å². The molecule has 0 aliphatic rings. The first kappa shape index (κ1) is 17.7. The molecule has 6 heteroatoms. The van der Waals surface area contributed by atoms with Crippen LogP contribution in [0.15, 0.2) is 47.0 Å². The van der Waals surface area contributed by atoms with E-state index in [1.54, 1.807) is 13.2 Å². The summed E-state index contributed by atoms with van der Waals surface area (Å²) in [5.41, 5.74) is 4.02. The predicted molar refractivity (Wildman–Crippen MR) is 95.7 cm³/mol. The van der Waals surface area contributed by atoms with E-state index in [0.717, 1.165) is 16.7 Å². The van der Waals surface area contributed by atoms with Crippen molar-refractivity contribution in [3.8, 4) is 17.1 Å². The molecule has 0 radical (unpaired) electrons.